The lowest BCUT2D eigenvalue weighted by Gasteiger charge is -2.22. The normalized spacial score (nSPS) is 11.3. The van der Waals surface area contributed by atoms with Crippen molar-refractivity contribution in [2.45, 2.75) is 33.6 Å². The molecule has 0 heterocycles. The summed E-state index contributed by atoms with van der Waals surface area (Å²) in [6.45, 7) is 6.08. The highest BCUT2D eigenvalue weighted by Gasteiger charge is 2.20. The quantitative estimate of drug-likeness (QED) is 0.464. The third-order valence-electron chi connectivity index (χ3n) is 3.09. The van der Waals surface area contributed by atoms with E-state index in [9.17, 15) is 4.39 Å². The standard InChI is InChI=1S/C14H21FN2O/c1-10-5-6-11(9-12(10)15)18-8-4-7-14(2,3)13(16)17/h5-6,9H,4,7-8H2,1-3H3,(H3,16,17). The summed E-state index contributed by atoms with van der Waals surface area (Å²) < 4.78 is 18.7. The molecule has 0 saturated heterocycles. The number of benzene rings is 1. The Morgan fingerprint density at radius 1 is 1.44 bits per heavy atom. The largest absolute Gasteiger partial charge is 0.493 e. The third-order valence-corrected chi connectivity index (χ3v) is 3.09. The van der Waals surface area contributed by atoms with Crippen LogP contribution in [0.15, 0.2) is 18.2 Å². The van der Waals surface area contributed by atoms with Crippen LogP contribution in [-0.2, 0) is 0 Å². The van der Waals surface area contributed by atoms with Crippen molar-refractivity contribution in [2.75, 3.05) is 6.61 Å². The van der Waals surface area contributed by atoms with Gasteiger partial charge in [0.15, 0.2) is 0 Å². The molecule has 1 rings (SSSR count). The smallest absolute Gasteiger partial charge is 0.129 e. The average Bonchev–Trinajstić information content (AvgIpc) is 2.29. The van der Waals surface area contributed by atoms with E-state index in [4.69, 9.17) is 15.9 Å². The molecule has 0 bridgehead atoms. The molecule has 0 radical (unpaired) electrons. The fourth-order valence-corrected chi connectivity index (χ4v) is 1.50. The lowest BCUT2D eigenvalue weighted by atomic mass is 9.87. The second-order valence-corrected chi connectivity index (χ2v) is 5.16. The van der Waals surface area contributed by atoms with Crippen LogP contribution >= 0.6 is 0 Å². The van der Waals surface area contributed by atoms with Gasteiger partial charge in [-0.1, -0.05) is 19.9 Å². The molecule has 3 N–H and O–H groups in total. The molecule has 0 aliphatic rings. The van der Waals surface area contributed by atoms with Crippen molar-refractivity contribution >= 4 is 5.84 Å². The minimum Gasteiger partial charge on any atom is -0.493 e. The second-order valence-electron chi connectivity index (χ2n) is 5.16. The van der Waals surface area contributed by atoms with E-state index in [1.165, 1.54) is 6.07 Å². The summed E-state index contributed by atoms with van der Waals surface area (Å²) in [6, 6.07) is 4.85. The van der Waals surface area contributed by atoms with E-state index in [2.05, 4.69) is 0 Å². The second kappa shape index (κ2) is 5.85. The Balaban J connectivity index is 2.38. The molecule has 3 nitrogen and oxygen atoms in total. The van der Waals surface area contributed by atoms with Gasteiger partial charge in [-0.25, -0.2) is 4.39 Å². The maximum Gasteiger partial charge on any atom is 0.129 e. The lowest BCUT2D eigenvalue weighted by Crippen LogP contribution is -2.31. The highest BCUT2D eigenvalue weighted by Crippen LogP contribution is 2.22. The van der Waals surface area contributed by atoms with Gasteiger partial charge in [0, 0.05) is 11.5 Å². The van der Waals surface area contributed by atoms with Gasteiger partial charge in [0.2, 0.25) is 0 Å². The number of rotatable bonds is 6. The van der Waals surface area contributed by atoms with Gasteiger partial charge in [-0.15, -0.1) is 0 Å². The first-order valence-electron chi connectivity index (χ1n) is 6.06. The molecule has 0 fully saturated rings. The zero-order chi connectivity index (χ0) is 13.8. The van der Waals surface area contributed by atoms with Crippen molar-refractivity contribution in [3.8, 4) is 5.75 Å². The lowest BCUT2D eigenvalue weighted by molar-refractivity contribution is 0.285. The number of ether oxygens (including phenoxy) is 1. The first kappa shape index (κ1) is 14.5. The Morgan fingerprint density at radius 3 is 2.67 bits per heavy atom. The summed E-state index contributed by atoms with van der Waals surface area (Å²) in [5, 5.41) is 7.44. The molecule has 0 atom stereocenters. The highest BCUT2D eigenvalue weighted by atomic mass is 19.1. The average molecular weight is 252 g/mol. The van der Waals surface area contributed by atoms with Crippen LogP contribution in [0.2, 0.25) is 0 Å². The topological polar surface area (TPSA) is 59.1 Å². The van der Waals surface area contributed by atoms with Crippen molar-refractivity contribution in [3.05, 3.63) is 29.6 Å². The Labute approximate surface area is 108 Å². The SMILES string of the molecule is Cc1ccc(OCCCC(C)(C)C(=N)N)cc1F. The summed E-state index contributed by atoms with van der Waals surface area (Å²) >= 11 is 0. The molecule has 0 aromatic heterocycles. The molecule has 1 aromatic rings. The molecule has 0 amide bonds. The van der Waals surface area contributed by atoms with E-state index in [-0.39, 0.29) is 17.1 Å². The predicted octanol–water partition coefficient (Wildman–Crippen LogP) is 3.26. The van der Waals surface area contributed by atoms with Crippen molar-refractivity contribution in [1.29, 1.82) is 5.41 Å². The molecule has 0 spiro atoms. The van der Waals surface area contributed by atoms with E-state index in [1.807, 2.05) is 13.8 Å². The first-order valence-corrected chi connectivity index (χ1v) is 6.06. The summed E-state index contributed by atoms with van der Waals surface area (Å²) in [5.41, 5.74) is 5.80. The van der Waals surface area contributed by atoms with Gasteiger partial charge in [0.05, 0.1) is 12.4 Å². The monoisotopic (exact) mass is 252 g/mol. The van der Waals surface area contributed by atoms with Crippen molar-refractivity contribution < 1.29 is 9.13 Å². The van der Waals surface area contributed by atoms with Crippen LogP contribution in [0.4, 0.5) is 4.39 Å². The van der Waals surface area contributed by atoms with E-state index < -0.39 is 0 Å². The molecule has 100 valence electrons. The van der Waals surface area contributed by atoms with Crippen molar-refractivity contribution in [1.82, 2.24) is 0 Å². The minimum absolute atomic E-state index is 0.184. The molecule has 18 heavy (non-hydrogen) atoms. The Hall–Kier alpha value is -1.58. The Morgan fingerprint density at radius 2 is 2.11 bits per heavy atom. The maximum absolute atomic E-state index is 13.3. The molecule has 1 aromatic carbocycles. The van der Waals surface area contributed by atoms with Crippen LogP contribution in [0.25, 0.3) is 0 Å². The van der Waals surface area contributed by atoms with Crippen LogP contribution in [0.1, 0.15) is 32.3 Å². The van der Waals surface area contributed by atoms with Crippen molar-refractivity contribution in [2.24, 2.45) is 11.1 Å². The number of amidine groups is 1. The highest BCUT2D eigenvalue weighted by molar-refractivity contribution is 5.82. The Bertz CT molecular complexity index is 430. The molecule has 4 heteroatoms. The third kappa shape index (κ3) is 4.02. The number of halogens is 1. The molecule has 0 aliphatic heterocycles. The van der Waals surface area contributed by atoms with Crippen LogP contribution < -0.4 is 10.5 Å². The van der Waals surface area contributed by atoms with Crippen LogP contribution in [0.5, 0.6) is 5.75 Å². The van der Waals surface area contributed by atoms with E-state index >= 15 is 0 Å². The zero-order valence-corrected chi connectivity index (χ0v) is 11.2. The summed E-state index contributed by atoms with van der Waals surface area (Å²) in [6.07, 6.45) is 1.55. The fraction of sp³-hybridized carbons (Fsp3) is 0.500. The van der Waals surface area contributed by atoms with Gasteiger partial charge in [-0.05, 0) is 31.4 Å². The van der Waals surface area contributed by atoms with Gasteiger partial charge in [-0.2, -0.15) is 0 Å². The Kier molecular flexibility index (Phi) is 4.70. The molecular formula is C14H21FN2O. The fourth-order valence-electron chi connectivity index (χ4n) is 1.50. The van der Waals surface area contributed by atoms with Crippen LogP contribution in [0.3, 0.4) is 0 Å². The number of nitrogens with two attached hydrogens (primary N) is 1. The number of hydrogen-bond donors (Lipinski definition) is 2. The summed E-state index contributed by atoms with van der Waals surface area (Å²) in [4.78, 5) is 0. The molecule has 0 aliphatic carbocycles. The van der Waals surface area contributed by atoms with Crippen LogP contribution in [0, 0.1) is 23.6 Å². The van der Waals surface area contributed by atoms with E-state index in [0.29, 0.717) is 17.9 Å². The number of aryl methyl sites for hydroxylation is 1. The predicted molar refractivity (Wildman–Crippen MR) is 71.6 cm³/mol. The number of hydrogen-bond acceptors (Lipinski definition) is 2. The van der Waals surface area contributed by atoms with Gasteiger partial charge < -0.3 is 10.5 Å². The number of nitrogens with one attached hydrogen (secondary N) is 1. The minimum atomic E-state index is -0.304. The van der Waals surface area contributed by atoms with Gasteiger partial charge in [0.1, 0.15) is 11.6 Å². The molecule has 0 unspecified atom stereocenters. The van der Waals surface area contributed by atoms with Crippen LogP contribution in [-0.4, -0.2) is 12.4 Å². The van der Waals surface area contributed by atoms with E-state index in [0.717, 1.165) is 12.8 Å². The summed E-state index contributed by atoms with van der Waals surface area (Å²) in [5.74, 6) is 0.471. The first-order chi connectivity index (χ1) is 8.33. The van der Waals surface area contributed by atoms with Gasteiger partial charge >= 0.3 is 0 Å². The van der Waals surface area contributed by atoms with Gasteiger partial charge in [0.25, 0.3) is 0 Å². The molecular weight excluding hydrogens is 231 g/mol. The van der Waals surface area contributed by atoms with Crippen molar-refractivity contribution in [3.63, 3.8) is 0 Å². The molecule has 0 saturated carbocycles. The summed E-state index contributed by atoms with van der Waals surface area (Å²) in [7, 11) is 0. The zero-order valence-electron chi connectivity index (χ0n) is 11.2. The van der Waals surface area contributed by atoms with Gasteiger partial charge in [-0.3, -0.25) is 5.41 Å². The maximum atomic E-state index is 13.3. The van der Waals surface area contributed by atoms with E-state index in [1.54, 1.807) is 19.1 Å².